The quantitative estimate of drug-likeness (QED) is 0.0651. The Morgan fingerprint density at radius 3 is 1.43 bits per heavy atom. The Bertz CT molecular complexity index is 1810. The molecule has 242 valence electrons. The Morgan fingerprint density at radius 2 is 1.02 bits per heavy atom. The third-order valence-corrected chi connectivity index (χ3v) is 7.12. The lowest BCUT2D eigenvalue weighted by Crippen LogP contribution is -2.18. The molecule has 0 aromatic heterocycles. The zero-order chi connectivity index (χ0) is 33.7. The van der Waals surface area contributed by atoms with Crippen LogP contribution >= 0.6 is 31.9 Å². The molecule has 0 unspecified atom stereocenters. The second-order valence-electron chi connectivity index (χ2n) is 9.30. The lowest BCUT2D eigenvalue weighted by Gasteiger charge is -2.13. The molecule has 4 aromatic rings. The first kappa shape index (κ1) is 34.9. The summed E-state index contributed by atoms with van der Waals surface area (Å²) in [5, 5.41) is 0. The number of halogens is 6. The Balaban J connectivity index is 1.44. The van der Waals surface area contributed by atoms with Crippen LogP contribution in [0.5, 0.6) is 23.0 Å². The summed E-state index contributed by atoms with van der Waals surface area (Å²) in [5.41, 5.74) is 0.922. The van der Waals surface area contributed by atoms with Crippen LogP contribution in [0.3, 0.4) is 0 Å². The summed E-state index contributed by atoms with van der Waals surface area (Å²) in [6.45, 7) is -2.30. The van der Waals surface area contributed by atoms with Crippen molar-refractivity contribution in [2.45, 2.75) is 14.6 Å². The molecule has 0 spiro atoms. The number of alkyl halides is 6. The van der Waals surface area contributed by atoms with Crippen LogP contribution in [-0.4, -0.2) is 47.8 Å². The van der Waals surface area contributed by atoms with Gasteiger partial charge in [-0.1, -0.05) is 18.2 Å². The zero-order valence-electron chi connectivity index (χ0n) is 23.0. The van der Waals surface area contributed by atoms with Gasteiger partial charge >= 0.3 is 21.6 Å². The summed E-state index contributed by atoms with van der Waals surface area (Å²) in [7, 11) is -4.77. The average Bonchev–Trinajstić information content (AvgIpc) is 2.99. The topological polar surface area (TPSA) is 125 Å². The number of benzene rings is 4. The first-order valence-electron chi connectivity index (χ1n) is 12.7. The number of hydrogen-bond donors (Lipinski definition) is 1. The van der Waals surface area contributed by atoms with E-state index in [1.165, 1.54) is 66.7 Å². The van der Waals surface area contributed by atoms with Gasteiger partial charge in [-0.2, -0.15) is 26.0 Å². The van der Waals surface area contributed by atoms with Crippen molar-refractivity contribution < 1.29 is 59.1 Å². The molecule has 0 aliphatic carbocycles. The summed E-state index contributed by atoms with van der Waals surface area (Å²) in [4.78, 5) is 16.6. The molecule has 46 heavy (non-hydrogen) atoms. The van der Waals surface area contributed by atoms with Crippen LogP contribution in [-0.2, 0) is 19.6 Å². The minimum atomic E-state index is -4.77. The van der Waals surface area contributed by atoms with Crippen molar-refractivity contribution in [3.05, 3.63) is 102 Å². The summed E-state index contributed by atoms with van der Waals surface area (Å²) >= 11 is 4.15. The third-order valence-electron chi connectivity index (χ3n) is 5.79. The number of hydrogen-bond acceptors (Lipinski definition) is 8. The van der Waals surface area contributed by atoms with Crippen LogP contribution in [0.15, 0.2) is 95.9 Å². The highest BCUT2D eigenvalue weighted by molar-refractivity contribution is 9.10. The van der Waals surface area contributed by atoms with E-state index in [1.54, 1.807) is 24.3 Å². The predicted molar refractivity (Wildman–Crippen MR) is 163 cm³/mol. The fourth-order valence-corrected chi connectivity index (χ4v) is 4.60. The van der Waals surface area contributed by atoms with Crippen LogP contribution in [0.1, 0.15) is 20.7 Å². The van der Waals surface area contributed by atoms with Gasteiger partial charge in [-0.05, 0) is 116 Å². The molecule has 16 heteroatoms. The number of carbonyl (C=O) groups excluding carboxylic acids is 2. The van der Waals surface area contributed by atoms with Gasteiger partial charge in [0.15, 0.2) is 13.2 Å². The van der Waals surface area contributed by atoms with Gasteiger partial charge in [-0.15, -0.1) is 0 Å². The van der Waals surface area contributed by atoms with Crippen molar-refractivity contribution in [1.29, 1.82) is 0 Å². The first-order valence-corrected chi connectivity index (χ1v) is 15.7. The second-order valence-corrected chi connectivity index (χ2v) is 13.0. The molecule has 0 heterocycles. The molecule has 0 atom stereocenters. The molecule has 4 aromatic carbocycles. The van der Waals surface area contributed by atoms with E-state index in [0.717, 1.165) is 0 Å². The van der Waals surface area contributed by atoms with E-state index in [-0.39, 0.29) is 22.6 Å². The molecule has 0 radical (unpaired) electrons. The normalized spacial score (nSPS) is 11.9. The molecule has 0 saturated carbocycles. The summed E-state index contributed by atoms with van der Waals surface area (Å²) in [6.07, 6.45) is 0. The maximum atomic E-state index is 12.9. The van der Waals surface area contributed by atoms with Crippen LogP contribution in [0, 0.1) is 0 Å². The fourth-order valence-electron chi connectivity index (χ4n) is 3.73. The van der Waals surface area contributed by atoms with E-state index in [9.17, 15) is 40.1 Å². The molecule has 0 amide bonds. The second kappa shape index (κ2) is 14.2. The predicted octanol–water partition coefficient (Wildman–Crippen LogP) is 8.47. The van der Waals surface area contributed by atoms with Crippen molar-refractivity contribution in [3.8, 4) is 34.1 Å². The van der Waals surface area contributed by atoms with Crippen LogP contribution in [0.2, 0.25) is 0 Å². The van der Waals surface area contributed by atoms with Crippen molar-refractivity contribution >= 4 is 53.9 Å². The summed E-state index contributed by atoms with van der Waals surface area (Å²) < 4.78 is 106. The molecule has 0 fully saturated rings. The van der Waals surface area contributed by atoms with Gasteiger partial charge < -0.3 is 18.9 Å². The van der Waals surface area contributed by atoms with E-state index < -0.39 is 49.8 Å². The monoisotopic (exact) mass is 790 g/mol. The molecule has 0 aliphatic heterocycles. The highest BCUT2D eigenvalue weighted by Crippen LogP contribution is 2.34. The molecular weight excluding hydrogens is 772 g/mol. The number of esters is 2. The SMILES string of the molecule is O=C(OCC(F)(F)Br)c1ccc(Oc2ccc(-c3ccc(Oc4ccc(C(=O)OCC(F)(F)Br)cc4)c(S(=O)(=O)O)c3)cc2)cc1. The van der Waals surface area contributed by atoms with Gasteiger partial charge in [0.05, 0.1) is 11.1 Å². The van der Waals surface area contributed by atoms with Gasteiger partial charge in [0.1, 0.15) is 27.9 Å². The van der Waals surface area contributed by atoms with Crippen LogP contribution in [0.4, 0.5) is 17.6 Å². The zero-order valence-corrected chi connectivity index (χ0v) is 27.0. The summed E-state index contributed by atoms with van der Waals surface area (Å²) in [6, 6.07) is 21.1. The van der Waals surface area contributed by atoms with Crippen LogP contribution < -0.4 is 9.47 Å². The average molecular weight is 792 g/mol. The maximum Gasteiger partial charge on any atom is 0.338 e. The number of carbonyl (C=O) groups is 2. The molecule has 9 nitrogen and oxygen atoms in total. The molecular formula is C30H20Br2F4O9S. The largest absolute Gasteiger partial charge is 0.457 e. The van der Waals surface area contributed by atoms with Crippen molar-refractivity contribution in [3.63, 3.8) is 0 Å². The van der Waals surface area contributed by atoms with Gasteiger partial charge in [0.25, 0.3) is 10.1 Å². The summed E-state index contributed by atoms with van der Waals surface area (Å²) in [5.74, 6) is -1.39. The Labute approximate surface area is 276 Å². The molecule has 0 bridgehead atoms. The maximum absolute atomic E-state index is 12.9. The lowest BCUT2D eigenvalue weighted by atomic mass is 10.1. The Morgan fingerprint density at radius 1 is 0.630 bits per heavy atom. The van der Waals surface area contributed by atoms with E-state index in [2.05, 4.69) is 41.3 Å². The molecule has 0 aliphatic rings. The van der Waals surface area contributed by atoms with E-state index in [0.29, 0.717) is 22.6 Å². The van der Waals surface area contributed by atoms with Gasteiger partial charge in [-0.3, -0.25) is 4.55 Å². The Hall–Kier alpha value is -3.99. The van der Waals surface area contributed by atoms with Crippen LogP contribution in [0.25, 0.3) is 11.1 Å². The minimum Gasteiger partial charge on any atom is -0.457 e. The Kier molecular flexibility index (Phi) is 10.8. The third kappa shape index (κ3) is 10.3. The van der Waals surface area contributed by atoms with E-state index >= 15 is 0 Å². The smallest absolute Gasteiger partial charge is 0.338 e. The molecule has 4 rings (SSSR count). The first-order chi connectivity index (χ1) is 21.5. The number of ether oxygens (including phenoxy) is 4. The van der Waals surface area contributed by atoms with Gasteiger partial charge in [0.2, 0.25) is 0 Å². The van der Waals surface area contributed by atoms with Crippen molar-refractivity contribution in [2.24, 2.45) is 0 Å². The lowest BCUT2D eigenvalue weighted by molar-refractivity contribution is 0.00357. The fraction of sp³-hybridized carbons (Fsp3) is 0.133. The van der Waals surface area contributed by atoms with E-state index in [1.807, 2.05) is 0 Å². The molecule has 1 N–H and O–H groups in total. The van der Waals surface area contributed by atoms with Gasteiger partial charge in [-0.25, -0.2) is 9.59 Å². The highest BCUT2D eigenvalue weighted by atomic mass is 79.9. The van der Waals surface area contributed by atoms with Crippen molar-refractivity contribution in [2.75, 3.05) is 13.2 Å². The highest BCUT2D eigenvalue weighted by Gasteiger charge is 2.27. The van der Waals surface area contributed by atoms with Crippen molar-refractivity contribution in [1.82, 2.24) is 0 Å². The van der Waals surface area contributed by atoms with Gasteiger partial charge in [0, 0.05) is 0 Å². The minimum absolute atomic E-state index is 0.0406. The standard InChI is InChI=1S/C30H20Br2F4O9S/c31-29(33,34)16-42-27(37)19-3-10-23(11-4-19)44-22-8-1-18(2-9-22)21-7-14-25(26(15-21)46(39,40)41)45-24-12-5-20(6-13-24)28(38)43-17-30(32,35)36/h1-15H,16-17H2,(H,39,40,41). The molecule has 0 saturated heterocycles. The van der Waals surface area contributed by atoms with E-state index in [4.69, 9.17) is 9.47 Å². The number of rotatable bonds is 12.